The molecule has 0 aliphatic heterocycles. The number of aromatic nitrogens is 1. The largest absolute Gasteiger partial charge is 0.361 e. The van der Waals surface area contributed by atoms with Crippen molar-refractivity contribution in [2.24, 2.45) is 0 Å². The van der Waals surface area contributed by atoms with Gasteiger partial charge in [-0.25, -0.2) is 4.98 Å². The minimum absolute atomic E-state index is 0.0382. The summed E-state index contributed by atoms with van der Waals surface area (Å²) in [7, 11) is 3.46. The summed E-state index contributed by atoms with van der Waals surface area (Å²) in [5, 5.41) is 8.66. The highest BCUT2D eigenvalue weighted by atomic mass is 16.2. The topological polar surface area (TPSA) is 60.2 Å². The third-order valence-electron chi connectivity index (χ3n) is 2.43. The van der Waals surface area contributed by atoms with Gasteiger partial charge in [-0.3, -0.25) is 4.79 Å². The van der Waals surface area contributed by atoms with Crippen LogP contribution >= 0.6 is 0 Å². The second kappa shape index (κ2) is 5.85. The molecular weight excluding hydrogens is 216 g/mol. The molecule has 0 N–H and O–H groups in total. The van der Waals surface area contributed by atoms with Crippen molar-refractivity contribution in [1.82, 2.24) is 9.88 Å². The summed E-state index contributed by atoms with van der Waals surface area (Å²) in [4.78, 5) is 19.1. The van der Waals surface area contributed by atoms with Crippen LogP contribution in [0.25, 0.3) is 0 Å². The number of carbonyl (C=O) groups is 1. The smallest absolute Gasteiger partial charge is 0.241 e. The monoisotopic (exact) mass is 232 g/mol. The molecule has 0 spiro atoms. The zero-order chi connectivity index (χ0) is 12.8. The van der Waals surface area contributed by atoms with Crippen molar-refractivity contribution in [3.05, 3.63) is 24.0 Å². The third-order valence-corrected chi connectivity index (χ3v) is 2.43. The van der Waals surface area contributed by atoms with Gasteiger partial charge in [-0.05, 0) is 19.1 Å². The minimum atomic E-state index is 0.0382. The van der Waals surface area contributed by atoms with E-state index < -0.39 is 0 Å². The number of pyridine rings is 1. The molecule has 90 valence electrons. The second-order valence-electron chi connectivity index (χ2n) is 3.82. The summed E-state index contributed by atoms with van der Waals surface area (Å²) >= 11 is 0. The first-order valence-corrected chi connectivity index (χ1v) is 5.39. The summed E-state index contributed by atoms with van der Waals surface area (Å²) in [6.45, 7) is 3.01. The van der Waals surface area contributed by atoms with Crippen molar-refractivity contribution >= 4 is 11.6 Å². The summed E-state index contributed by atoms with van der Waals surface area (Å²) in [6.07, 6.45) is 1.62. The van der Waals surface area contributed by atoms with Gasteiger partial charge in [0.2, 0.25) is 5.91 Å². The molecule has 5 nitrogen and oxygen atoms in total. The Bertz CT molecular complexity index is 419. The first kappa shape index (κ1) is 13.0. The predicted octanol–water partition coefficient (Wildman–Crippen LogP) is 0.868. The van der Waals surface area contributed by atoms with Crippen molar-refractivity contribution in [1.29, 1.82) is 5.26 Å². The first-order valence-electron chi connectivity index (χ1n) is 5.39. The average molecular weight is 232 g/mol. The molecule has 0 radical (unpaired) electrons. The Kier molecular flexibility index (Phi) is 4.46. The molecule has 1 amide bonds. The maximum absolute atomic E-state index is 11.6. The molecule has 1 aromatic rings. The van der Waals surface area contributed by atoms with Gasteiger partial charge in [0.25, 0.3) is 0 Å². The Hall–Kier alpha value is -2.09. The van der Waals surface area contributed by atoms with Crippen molar-refractivity contribution < 1.29 is 4.79 Å². The molecule has 0 aliphatic rings. The lowest BCUT2D eigenvalue weighted by molar-refractivity contribution is -0.127. The zero-order valence-corrected chi connectivity index (χ0v) is 10.3. The average Bonchev–Trinajstić information content (AvgIpc) is 2.35. The fourth-order valence-electron chi connectivity index (χ4n) is 1.33. The fourth-order valence-corrected chi connectivity index (χ4v) is 1.33. The highest BCUT2D eigenvalue weighted by Gasteiger charge is 2.11. The van der Waals surface area contributed by atoms with E-state index in [1.54, 1.807) is 37.3 Å². The highest BCUT2D eigenvalue weighted by molar-refractivity contribution is 5.80. The Balaban J connectivity index is 2.80. The molecule has 0 aliphatic carbocycles. The molecule has 0 saturated carbocycles. The molecule has 0 aromatic carbocycles. The molecule has 0 bridgehead atoms. The van der Waals surface area contributed by atoms with Gasteiger partial charge in [-0.1, -0.05) is 0 Å². The SMILES string of the molecule is CCN(CC(=O)N(C)C)c1ccc(C#N)nc1. The van der Waals surface area contributed by atoms with E-state index in [1.807, 2.05) is 17.9 Å². The number of carbonyl (C=O) groups excluding carboxylic acids is 1. The molecule has 1 heterocycles. The molecule has 0 saturated heterocycles. The zero-order valence-electron chi connectivity index (χ0n) is 10.3. The van der Waals surface area contributed by atoms with Crippen LogP contribution in [0.2, 0.25) is 0 Å². The van der Waals surface area contributed by atoms with E-state index in [1.165, 1.54) is 0 Å². The van der Waals surface area contributed by atoms with Crippen LogP contribution in [0.3, 0.4) is 0 Å². The molecule has 1 rings (SSSR count). The molecule has 17 heavy (non-hydrogen) atoms. The third kappa shape index (κ3) is 3.45. The molecule has 0 unspecified atom stereocenters. The Labute approximate surface area is 101 Å². The van der Waals surface area contributed by atoms with Crippen LogP contribution in [0, 0.1) is 11.3 Å². The standard InChI is InChI=1S/C12H16N4O/c1-4-16(9-12(17)15(2)3)11-6-5-10(7-13)14-8-11/h5-6,8H,4,9H2,1-3H3. The van der Waals surface area contributed by atoms with E-state index in [2.05, 4.69) is 4.98 Å². The number of rotatable bonds is 4. The lowest BCUT2D eigenvalue weighted by atomic mass is 10.3. The van der Waals surface area contributed by atoms with E-state index in [-0.39, 0.29) is 5.91 Å². The van der Waals surface area contributed by atoms with Gasteiger partial charge in [0.05, 0.1) is 18.4 Å². The van der Waals surface area contributed by atoms with Crippen LogP contribution in [0.15, 0.2) is 18.3 Å². The van der Waals surface area contributed by atoms with Gasteiger partial charge in [-0.15, -0.1) is 0 Å². The Morgan fingerprint density at radius 2 is 2.18 bits per heavy atom. The van der Waals surface area contributed by atoms with E-state index in [0.29, 0.717) is 18.8 Å². The number of hydrogen-bond acceptors (Lipinski definition) is 4. The van der Waals surface area contributed by atoms with Crippen LogP contribution < -0.4 is 4.90 Å². The summed E-state index contributed by atoms with van der Waals surface area (Å²) in [6, 6.07) is 5.42. The number of amides is 1. The maximum Gasteiger partial charge on any atom is 0.241 e. The summed E-state index contributed by atoms with van der Waals surface area (Å²) in [5.74, 6) is 0.0382. The normalized spacial score (nSPS) is 9.53. The Morgan fingerprint density at radius 3 is 2.59 bits per heavy atom. The van der Waals surface area contributed by atoms with Gasteiger partial charge in [0.1, 0.15) is 11.8 Å². The van der Waals surface area contributed by atoms with E-state index >= 15 is 0 Å². The minimum Gasteiger partial charge on any atom is -0.361 e. The number of likely N-dealkylation sites (N-methyl/N-ethyl adjacent to an activating group) is 2. The van der Waals surface area contributed by atoms with E-state index in [9.17, 15) is 4.79 Å². The molecular formula is C12H16N4O. The van der Waals surface area contributed by atoms with E-state index in [0.717, 1.165) is 5.69 Å². The van der Waals surface area contributed by atoms with Crippen molar-refractivity contribution in [3.8, 4) is 6.07 Å². The number of nitriles is 1. The maximum atomic E-state index is 11.6. The molecule has 0 fully saturated rings. The van der Waals surface area contributed by atoms with Gasteiger partial charge < -0.3 is 9.80 Å². The second-order valence-corrected chi connectivity index (χ2v) is 3.82. The van der Waals surface area contributed by atoms with Gasteiger partial charge in [0, 0.05) is 20.6 Å². The number of anilines is 1. The van der Waals surface area contributed by atoms with Crippen LogP contribution in [-0.2, 0) is 4.79 Å². The lowest BCUT2D eigenvalue weighted by Crippen LogP contribution is -2.36. The number of hydrogen-bond donors (Lipinski definition) is 0. The van der Waals surface area contributed by atoms with Gasteiger partial charge in [-0.2, -0.15) is 5.26 Å². The van der Waals surface area contributed by atoms with Crippen LogP contribution in [0.4, 0.5) is 5.69 Å². The first-order chi connectivity index (χ1) is 8.08. The summed E-state index contributed by atoms with van der Waals surface area (Å²) < 4.78 is 0. The van der Waals surface area contributed by atoms with Crippen molar-refractivity contribution in [2.45, 2.75) is 6.92 Å². The quantitative estimate of drug-likeness (QED) is 0.772. The van der Waals surface area contributed by atoms with E-state index in [4.69, 9.17) is 5.26 Å². The molecule has 0 atom stereocenters. The lowest BCUT2D eigenvalue weighted by Gasteiger charge is -2.23. The molecule has 1 aromatic heterocycles. The van der Waals surface area contributed by atoms with Gasteiger partial charge >= 0.3 is 0 Å². The number of nitrogens with zero attached hydrogens (tertiary/aromatic N) is 4. The van der Waals surface area contributed by atoms with Crippen LogP contribution in [-0.4, -0.2) is 43.0 Å². The van der Waals surface area contributed by atoms with Crippen LogP contribution in [0.5, 0.6) is 0 Å². The predicted molar refractivity (Wildman–Crippen MR) is 65.5 cm³/mol. The molecule has 5 heteroatoms. The van der Waals surface area contributed by atoms with Crippen LogP contribution in [0.1, 0.15) is 12.6 Å². The summed E-state index contributed by atoms with van der Waals surface area (Å²) in [5.41, 5.74) is 1.23. The fraction of sp³-hybridized carbons (Fsp3) is 0.417. The highest BCUT2D eigenvalue weighted by Crippen LogP contribution is 2.12. The van der Waals surface area contributed by atoms with Gasteiger partial charge in [0.15, 0.2) is 0 Å². The Morgan fingerprint density at radius 1 is 1.47 bits per heavy atom. The van der Waals surface area contributed by atoms with Crippen molar-refractivity contribution in [3.63, 3.8) is 0 Å². The van der Waals surface area contributed by atoms with Crippen molar-refractivity contribution in [2.75, 3.05) is 32.1 Å².